The molecule has 0 saturated carbocycles. The number of carboxylic acid groups (broad SMARTS) is 1. The number of carboxylic acids is 1. The number of anilines is 1. The van der Waals surface area contributed by atoms with E-state index >= 15 is 0 Å². The van der Waals surface area contributed by atoms with Gasteiger partial charge in [0.1, 0.15) is 17.3 Å². The van der Waals surface area contributed by atoms with Gasteiger partial charge in [-0.3, -0.25) is 0 Å². The average Bonchev–Trinajstić information content (AvgIpc) is 2.33. The van der Waals surface area contributed by atoms with Crippen molar-refractivity contribution >= 4 is 11.7 Å². The summed E-state index contributed by atoms with van der Waals surface area (Å²) >= 11 is 0. The molecular formula is C11H13F2NO4. The van der Waals surface area contributed by atoms with Crippen LogP contribution in [-0.4, -0.2) is 40.0 Å². The zero-order valence-electron chi connectivity index (χ0n) is 9.57. The van der Waals surface area contributed by atoms with Crippen LogP contribution in [0.15, 0.2) is 12.1 Å². The number of carbonyl (C=O) groups is 1. The van der Waals surface area contributed by atoms with E-state index in [4.69, 9.17) is 15.3 Å². The normalized spacial score (nSPS) is 11.4. The first-order valence-electron chi connectivity index (χ1n) is 5.05. The third-order valence-electron chi connectivity index (χ3n) is 2.41. The molecule has 1 rings (SSSR count). The van der Waals surface area contributed by atoms with Crippen molar-refractivity contribution < 1.29 is 28.9 Å². The minimum Gasteiger partial charge on any atom is -0.478 e. The van der Waals surface area contributed by atoms with E-state index in [2.05, 4.69) is 5.32 Å². The Balaban J connectivity index is 3.15. The summed E-state index contributed by atoms with van der Waals surface area (Å²) in [5.41, 5.74) is -2.43. The zero-order valence-corrected chi connectivity index (χ0v) is 9.57. The van der Waals surface area contributed by atoms with Crippen LogP contribution in [0.25, 0.3) is 0 Å². The van der Waals surface area contributed by atoms with Crippen molar-refractivity contribution in [3.63, 3.8) is 0 Å². The molecule has 0 spiro atoms. The maximum atomic E-state index is 13.5. The zero-order chi connectivity index (χ0) is 13.9. The lowest BCUT2D eigenvalue weighted by Gasteiger charge is -2.28. The average molecular weight is 261 g/mol. The molecule has 18 heavy (non-hydrogen) atoms. The number of benzene rings is 1. The highest BCUT2D eigenvalue weighted by molar-refractivity contribution is 5.88. The summed E-state index contributed by atoms with van der Waals surface area (Å²) in [6, 6.07) is 1.31. The van der Waals surface area contributed by atoms with Gasteiger partial charge >= 0.3 is 5.97 Å². The molecule has 0 radical (unpaired) electrons. The first-order valence-corrected chi connectivity index (χ1v) is 5.05. The van der Waals surface area contributed by atoms with Gasteiger partial charge in [-0.05, 0) is 19.1 Å². The molecule has 0 atom stereocenters. The molecule has 0 aliphatic carbocycles. The van der Waals surface area contributed by atoms with Gasteiger partial charge in [0.25, 0.3) is 0 Å². The first-order chi connectivity index (χ1) is 8.33. The number of aromatic carboxylic acids is 1. The summed E-state index contributed by atoms with van der Waals surface area (Å²) in [6.07, 6.45) is 0. The standard InChI is InChI=1S/C11H13F2NO4/c1-11(4-15,5-16)14-9-7(12)2-6(10(17)18)3-8(9)13/h2-3,14-16H,4-5H2,1H3,(H,17,18). The maximum absolute atomic E-state index is 13.5. The predicted molar refractivity (Wildman–Crippen MR) is 59.5 cm³/mol. The smallest absolute Gasteiger partial charge is 0.335 e. The first kappa shape index (κ1) is 14.3. The molecule has 4 N–H and O–H groups in total. The number of hydrogen-bond acceptors (Lipinski definition) is 4. The Morgan fingerprint density at radius 3 is 2.06 bits per heavy atom. The van der Waals surface area contributed by atoms with Crippen LogP contribution >= 0.6 is 0 Å². The molecule has 0 amide bonds. The van der Waals surface area contributed by atoms with Crippen molar-refractivity contribution in [2.45, 2.75) is 12.5 Å². The summed E-state index contributed by atoms with van der Waals surface area (Å²) in [5.74, 6) is -3.67. The third kappa shape index (κ3) is 2.93. The van der Waals surface area contributed by atoms with Gasteiger partial charge in [0.05, 0.1) is 24.3 Å². The molecule has 0 fully saturated rings. The van der Waals surface area contributed by atoms with E-state index < -0.39 is 47.6 Å². The summed E-state index contributed by atoms with van der Waals surface area (Å²) in [7, 11) is 0. The molecule has 0 saturated heterocycles. The number of nitrogens with one attached hydrogen (secondary N) is 1. The Morgan fingerprint density at radius 2 is 1.72 bits per heavy atom. The quantitative estimate of drug-likeness (QED) is 0.630. The summed E-state index contributed by atoms with van der Waals surface area (Å²) < 4.78 is 27.1. The fourth-order valence-corrected chi connectivity index (χ4v) is 1.25. The number of halogens is 2. The third-order valence-corrected chi connectivity index (χ3v) is 2.41. The van der Waals surface area contributed by atoms with Crippen molar-refractivity contribution in [1.82, 2.24) is 0 Å². The van der Waals surface area contributed by atoms with Gasteiger partial charge in [0, 0.05) is 0 Å². The van der Waals surface area contributed by atoms with Crippen molar-refractivity contribution in [3.8, 4) is 0 Å². The predicted octanol–water partition coefficient (Wildman–Crippen LogP) is 0.818. The van der Waals surface area contributed by atoms with Crippen LogP contribution in [-0.2, 0) is 0 Å². The fourth-order valence-electron chi connectivity index (χ4n) is 1.25. The molecule has 0 aromatic heterocycles. The monoisotopic (exact) mass is 261 g/mol. The fraction of sp³-hybridized carbons (Fsp3) is 0.364. The Morgan fingerprint density at radius 1 is 1.28 bits per heavy atom. The van der Waals surface area contributed by atoms with Gasteiger partial charge in [-0.1, -0.05) is 0 Å². The Kier molecular flexibility index (Phi) is 4.20. The van der Waals surface area contributed by atoms with Crippen LogP contribution in [0.1, 0.15) is 17.3 Å². The van der Waals surface area contributed by atoms with Crippen LogP contribution in [0.4, 0.5) is 14.5 Å². The Labute approximate surface area is 102 Å². The van der Waals surface area contributed by atoms with E-state index in [0.29, 0.717) is 12.1 Å². The number of aliphatic hydroxyl groups is 2. The molecule has 0 heterocycles. The van der Waals surface area contributed by atoms with Crippen molar-refractivity contribution in [1.29, 1.82) is 0 Å². The highest BCUT2D eigenvalue weighted by Crippen LogP contribution is 2.24. The van der Waals surface area contributed by atoms with Crippen LogP contribution in [0.2, 0.25) is 0 Å². The largest absolute Gasteiger partial charge is 0.478 e. The number of hydrogen-bond donors (Lipinski definition) is 4. The molecule has 7 heteroatoms. The topological polar surface area (TPSA) is 89.8 Å². The van der Waals surface area contributed by atoms with Gasteiger partial charge < -0.3 is 20.6 Å². The molecule has 0 bridgehead atoms. The van der Waals surface area contributed by atoms with E-state index in [1.54, 1.807) is 0 Å². The van der Waals surface area contributed by atoms with Gasteiger partial charge in [-0.15, -0.1) is 0 Å². The van der Waals surface area contributed by atoms with Crippen LogP contribution in [0.5, 0.6) is 0 Å². The second kappa shape index (κ2) is 5.28. The number of aliphatic hydroxyl groups excluding tert-OH is 2. The van der Waals surface area contributed by atoms with Crippen molar-refractivity contribution in [2.24, 2.45) is 0 Å². The van der Waals surface area contributed by atoms with Gasteiger partial charge in [0.15, 0.2) is 0 Å². The van der Waals surface area contributed by atoms with E-state index in [1.165, 1.54) is 6.92 Å². The summed E-state index contributed by atoms with van der Waals surface area (Å²) in [5, 5.41) is 28.9. The molecule has 1 aromatic rings. The minimum atomic E-state index is -1.45. The molecule has 0 aliphatic heterocycles. The SMILES string of the molecule is CC(CO)(CO)Nc1c(F)cc(C(=O)O)cc1F. The lowest BCUT2D eigenvalue weighted by Crippen LogP contribution is -2.43. The number of rotatable bonds is 5. The highest BCUT2D eigenvalue weighted by Gasteiger charge is 2.25. The molecule has 1 aromatic carbocycles. The lowest BCUT2D eigenvalue weighted by atomic mass is 10.0. The Hall–Kier alpha value is -1.73. The minimum absolute atomic E-state index is 0.523. The second-order valence-electron chi connectivity index (χ2n) is 4.12. The molecule has 0 aliphatic rings. The van der Waals surface area contributed by atoms with Gasteiger partial charge in [-0.25, -0.2) is 13.6 Å². The summed E-state index contributed by atoms with van der Waals surface area (Å²) in [4.78, 5) is 10.6. The van der Waals surface area contributed by atoms with Crippen molar-refractivity contribution in [3.05, 3.63) is 29.3 Å². The second-order valence-corrected chi connectivity index (χ2v) is 4.12. The van der Waals surface area contributed by atoms with E-state index in [1.807, 2.05) is 0 Å². The summed E-state index contributed by atoms with van der Waals surface area (Å²) in [6.45, 7) is 0.253. The molecule has 0 unspecified atom stereocenters. The van der Waals surface area contributed by atoms with Crippen LogP contribution < -0.4 is 5.32 Å². The van der Waals surface area contributed by atoms with Crippen LogP contribution in [0, 0.1) is 11.6 Å². The molecule has 5 nitrogen and oxygen atoms in total. The van der Waals surface area contributed by atoms with E-state index in [-0.39, 0.29) is 0 Å². The van der Waals surface area contributed by atoms with E-state index in [0.717, 1.165) is 0 Å². The van der Waals surface area contributed by atoms with Gasteiger partial charge in [0.2, 0.25) is 0 Å². The molecular weight excluding hydrogens is 248 g/mol. The Bertz CT molecular complexity index is 437. The van der Waals surface area contributed by atoms with Crippen LogP contribution in [0.3, 0.4) is 0 Å². The van der Waals surface area contributed by atoms with E-state index in [9.17, 15) is 13.6 Å². The molecule has 100 valence electrons. The lowest BCUT2D eigenvalue weighted by molar-refractivity contribution is 0.0695. The highest BCUT2D eigenvalue weighted by atomic mass is 19.1. The van der Waals surface area contributed by atoms with Crippen molar-refractivity contribution in [2.75, 3.05) is 18.5 Å². The van der Waals surface area contributed by atoms with Gasteiger partial charge in [-0.2, -0.15) is 0 Å². The maximum Gasteiger partial charge on any atom is 0.335 e.